The van der Waals surface area contributed by atoms with E-state index in [-0.39, 0.29) is 0 Å². The third-order valence-corrected chi connectivity index (χ3v) is 3.02. The summed E-state index contributed by atoms with van der Waals surface area (Å²) in [4.78, 5) is 4.36. The van der Waals surface area contributed by atoms with E-state index in [9.17, 15) is 0 Å². The molecule has 0 saturated carbocycles. The zero-order chi connectivity index (χ0) is 12.8. The van der Waals surface area contributed by atoms with E-state index in [4.69, 9.17) is 9.26 Å². The largest absolute Gasteiger partial charge is 0.376 e. The molecule has 5 nitrogen and oxygen atoms in total. The van der Waals surface area contributed by atoms with Gasteiger partial charge in [0.2, 0.25) is 5.89 Å². The van der Waals surface area contributed by atoms with Gasteiger partial charge in [0, 0.05) is 19.4 Å². The molecule has 1 saturated heterocycles. The SMILES string of the molecule is CC(C)Cc1nc(CCOC2CCCNC2)no1. The van der Waals surface area contributed by atoms with Crippen molar-refractivity contribution in [2.24, 2.45) is 5.92 Å². The summed E-state index contributed by atoms with van der Waals surface area (Å²) in [5.74, 6) is 2.04. The summed E-state index contributed by atoms with van der Waals surface area (Å²) >= 11 is 0. The molecule has 0 aliphatic carbocycles. The van der Waals surface area contributed by atoms with Crippen molar-refractivity contribution >= 4 is 0 Å². The molecule has 18 heavy (non-hydrogen) atoms. The predicted octanol–water partition coefficient (Wildman–Crippen LogP) is 1.58. The van der Waals surface area contributed by atoms with E-state index in [1.807, 2.05) is 0 Å². The Morgan fingerprint density at radius 2 is 2.39 bits per heavy atom. The van der Waals surface area contributed by atoms with Crippen LogP contribution in [0, 0.1) is 5.92 Å². The van der Waals surface area contributed by atoms with E-state index >= 15 is 0 Å². The third kappa shape index (κ3) is 4.38. The second-order valence-electron chi connectivity index (χ2n) is 5.29. The molecular weight excluding hydrogens is 230 g/mol. The van der Waals surface area contributed by atoms with E-state index in [1.54, 1.807) is 0 Å². The standard InChI is InChI=1S/C13H23N3O2/c1-10(2)8-13-15-12(16-18-13)5-7-17-11-4-3-6-14-9-11/h10-11,14H,3-9H2,1-2H3. The van der Waals surface area contributed by atoms with Crippen LogP contribution in [-0.2, 0) is 17.6 Å². The number of nitrogens with one attached hydrogen (secondary N) is 1. The molecule has 1 atom stereocenters. The minimum Gasteiger partial charge on any atom is -0.376 e. The molecule has 1 aliphatic heterocycles. The van der Waals surface area contributed by atoms with Crippen LogP contribution in [0.5, 0.6) is 0 Å². The molecule has 1 aromatic heterocycles. The number of ether oxygens (including phenoxy) is 1. The lowest BCUT2D eigenvalue weighted by Gasteiger charge is -2.22. The van der Waals surface area contributed by atoms with Gasteiger partial charge in [-0.2, -0.15) is 4.98 Å². The van der Waals surface area contributed by atoms with Crippen LogP contribution in [0.2, 0.25) is 0 Å². The second-order valence-corrected chi connectivity index (χ2v) is 5.29. The zero-order valence-electron chi connectivity index (χ0n) is 11.3. The Kier molecular flexibility index (Phi) is 5.13. The number of nitrogens with zero attached hydrogens (tertiary/aromatic N) is 2. The molecule has 1 aliphatic rings. The lowest BCUT2D eigenvalue weighted by molar-refractivity contribution is 0.0381. The summed E-state index contributed by atoms with van der Waals surface area (Å²) in [6.45, 7) is 7.03. The van der Waals surface area contributed by atoms with Crippen LogP contribution in [0.1, 0.15) is 38.4 Å². The van der Waals surface area contributed by atoms with Gasteiger partial charge in [-0.3, -0.25) is 0 Å². The molecule has 1 fully saturated rings. The highest BCUT2D eigenvalue weighted by Gasteiger charge is 2.14. The lowest BCUT2D eigenvalue weighted by atomic mass is 10.1. The van der Waals surface area contributed by atoms with Crippen molar-refractivity contribution in [2.75, 3.05) is 19.7 Å². The molecule has 1 N–H and O–H groups in total. The summed E-state index contributed by atoms with van der Waals surface area (Å²) in [7, 11) is 0. The fourth-order valence-corrected chi connectivity index (χ4v) is 2.10. The van der Waals surface area contributed by atoms with Gasteiger partial charge in [0.1, 0.15) is 0 Å². The number of piperidine rings is 1. The first kappa shape index (κ1) is 13.5. The van der Waals surface area contributed by atoms with Crippen molar-refractivity contribution in [3.8, 4) is 0 Å². The predicted molar refractivity (Wildman–Crippen MR) is 68.4 cm³/mol. The highest BCUT2D eigenvalue weighted by atomic mass is 16.5. The number of aromatic nitrogens is 2. The Labute approximate surface area is 108 Å². The van der Waals surface area contributed by atoms with Crippen LogP contribution in [0.3, 0.4) is 0 Å². The van der Waals surface area contributed by atoms with Crippen LogP contribution in [0.15, 0.2) is 4.52 Å². The lowest BCUT2D eigenvalue weighted by Crippen LogP contribution is -2.35. The quantitative estimate of drug-likeness (QED) is 0.834. The van der Waals surface area contributed by atoms with E-state index < -0.39 is 0 Å². The molecule has 0 spiro atoms. The number of hydrogen-bond acceptors (Lipinski definition) is 5. The summed E-state index contributed by atoms with van der Waals surface area (Å²) < 4.78 is 11.0. The molecular formula is C13H23N3O2. The van der Waals surface area contributed by atoms with Gasteiger partial charge in [0.25, 0.3) is 0 Å². The van der Waals surface area contributed by atoms with Crippen molar-refractivity contribution in [2.45, 2.75) is 45.6 Å². The van der Waals surface area contributed by atoms with Gasteiger partial charge in [0.05, 0.1) is 12.7 Å². The first-order valence-corrected chi connectivity index (χ1v) is 6.88. The van der Waals surface area contributed by atoms with Crippen LogP contribution >= 0.6 is 0 Å². The first-order chi connectivity index (χ1) is 8.74. The van der Waals surface area contributed by atoms with E-state index in [1.165, 1.54) is 6.42 Å². The van der Waals surface area contributed by atoms with Crippen LogP contribution in [0.4, 0.5) is 0 Å². The molecule has 0 bridgehead atoms. The zero-order valence-corrected chi connectivity index (χ0v) is 11.3. The molecule has 1 unspecified atom stereocenters. The van der Waals surface area contributed by atoms with Crippen molar-refractivity contribution < 1.29 is 9.26 Å². The Bertz CT molecular complexity index is 346. The Balaban J connectivity index is 1.67. The summed E-state index contributed by atoms with van der Waals surface area (Å²) in [5, 5.41) is 7.30. The molecule has 0 amide bonds. The van der Waals surface area contributed by atoms with Crippen LogP contribution < -0.4 is 5.32 Å². The van der Waals surface area contributed by atoms with Crippen molar-refractivity contribution in [3.63, 3.8) is 0 Å². The fraction of sp³-hybridized carbons (Fsp3) is 0.846. The Morgan fingerprint density at radius 3 is 3.11 bits per heavy atom. The summed E-state index contributed by atoms with van der Waals surface area (Å²) in [6, 6.07) is 0. The molecule has 0 radical (unpaired) electrons. The summed E-state index contributed by atoms with van der Waals surface area (Å²) in [5.41, 5.74) is 0. The third-order valence-electron chi connectivity index (χ3n) is 3.02. The minimum atomic E-state index is 0.348. The van der Waals surface area contributed by atoms with Gasteiger partial charge < -0.3 is 14.6 Å². The maximum atomic E-state index is 5.79. The fourth-order valence-electron chi connectivity index (χ4n) is 2.10. The highest BCUT2D eigenvalue weighted by molar-refractivity contribution is 4.87. The molecule has 5 heteroatoms. The highest BCUT2D eigenvalue weighted by Crippen LogP contribution is 2.08. The Hall–Kier alpha value is -0.940. The van der Waals surface area contributed by atoms with Crippen LogP contribution in [-0.4, -0.2) is 35.9 Å². The number of rotatable bonds is 6. The Morgan fingerprint density at radius 1 is 1.50 bits per heavy atom. The minimum absolute atomic E-state index is 0.348. The van der Waals surface area contributed by atoms with Gasteiger partial charge in [-0.05, 0) is 25.3 Å². The molecule has 0 aromatic carbocycles. The molecule has 2 heterocycles. The first-order valence-electron chi connectivity index (χ1n) is 6.88. The average Bonchev–Trinajstić information content (AvgIpc) is 2.77. The molecule has 2 rings (SSSR count). The maximum Gasteiger partial charge on any atom is 0.226 e. The van der Waals surface area contributed by atoms with E-state index in [2.05, 4.69) is 29.3 Å². The van der Waals surface area contributed by atoms with Gasteiger partial charge in [-0.15, -0.1) is 0 Å². The number of hydrogen-bond donors (Lipinski definition) is 1. The van der Waals surface area contributed by atoms with Crippen molar-refractivity contribution in [1.29, 1.82) is 0 Å². The molecule has 1 aromatic rings. The van der Waals surface area contributed by atoms with Gasteiger partial charge in [-0.1, -0.05) is 19.0 Å². The van der Waals surface area contributed by atoms with Crippen LogP contribution in [0.25, 0.3) is 0 Å². The molecule has 102 valence electrons. The monoisotopic (exact) mass is 253 g/mol. The summed E-state index contributed by atoms with van der Waals surface area (Å²) in [6.07, 6.45) is 4.28. The van der Waals surface area contributed by atoms with Gasteiger partial charge in [-0.25, -0.2) is 0 Å². The normalized spacial score (nSPS) is 20.5. The van der Waals surface area contributed by atoms with Crippen molar-refractivity contribution in [1.82, 2.24) is 15.5 Å². The second kappa shape index (κ2) is 6.85. The van der Waals surface area contributed by atoms with Crippen molar-refractivity contribution in [3.05, 3.63) is 11.7 Å². The van der Waals surface area contributed by atoms with Gasteiger partial charge >= 0.3 is 0 Å². The van der Waals surface area contributed by atoms with Gasteiger partial charge in [0.15, 0.2) is 5.82 Å². The average molecular weight is 253 g/mol. The van der Waals surface area contributed by atoms with E-state index in [0.29, 0.717) is 18.6 Å². The maximum absolute atomic E-state index is 5.79. The van der Waals surface area contributed by atoms with E-state index in [0.717, 1.165) is 44.1 Å². The smallest absolute Gasteiger partial charge is 0.226 e. The topological polar surface area (TPSA) is 60.2 Å².